The molecule has 0 atom stereocenters. The second-order valence-corrected chi connectivity index (χ2v) is 2.66. The summed E-state index contributed by atoms with van der Waals surface area (Å²) in [6.45, 7) is 0. The molecule has 0 amide bonds. The number of hydrogen-bond acceptors (Lipinski definition) is 2. The molecule has 0 aliphatic heterocycles. The van der Waals surface area contributed by atoms with Crippen LogP contribution in [0.25, 0.3) is 0 Å². The molecule has 0 radical (unpaired) electrons. The quantitative estimate of drug-likeness (QED) is 0.707. The second-order valence-electron chi connectivity index (χ2n) is 2.66. The number of hydrogen-bond donors (Lipinski definition) is 0. The van der Waals surface area contributed by atoms with E-state index in [-0.39, 0.29) is 6.20 Å². The van der Waals surface area contributed by atoms with Crippen molar-refractivity contribution in [3.05, 3.63) is 28.8 Å². The van der Waals surface area contributed by atoms with Crippen LogP contribution in [-0.2, 0) is 6.18 Å². The molecule has 0 saturated heterocycles. The van der Waals surface area contributed by atoms with Crippen molar-refractivity contribution in [3.63, 3.8) is 0 Å². The van der Waals surface area contributed by atoms with Gasteiger partial charge in [0.15, 0.2) is 5.69 Å². The zero-order valence-corrected chi connectivity index (χ0v) is 7.32. The summed E-state index contributed by atoms with van der Waals surface area (Å²) in [7, 11) is 0. The molecular weight excluding hydrogens is 238 g/mol. The summed E-state index contributed by atoms with van der Waals surface area (Å²) >= 11 is 0. The van der Waals surface area contributed by atoms with Gasteiger partial charge in [-0.25, -0.2) is 18.2 Å². The van der Waals surface area contributed by atoms with E-state index in [2.05, 4.69) is 4.98 Å². The Morgan fingerprint density at radius 1 is 1.31 bits per heavy atom. The average molecular weight is 240 g/mol. The molecule has 1 aromatic rings. The smallest absolute Gasteiger partial charge is 0.244 e. The molecule has 1 aromatic heterocycles. The first-order valence-corrected chi connectivity index (χ1v) is 3.73. The molecule has 0 aliphatic carbocycles. The van der Waals surface area contributed by atoms with E-state index in [0.29, 0.717) is 0 Å². The van der Waals surface area contributed by atoms with Crippen molar-refractivity contribution >= 4 is 0 Å². The molecule has 0 N–H and O–H groups in total. The van der Waals surface area contributed by atoms with Crippen molar-refractivity contribution in [3.8, 4) is 6.07 Å². The third-order valence-electron chi connectivity index (χ3n) is 1.68. The van der Waals surface area contributed by atoms with Crippen LogP contribution in [0.4, 0.5) is 26.3 Å². The fourth-order valence-corrected chi connectivity index (χ4v) is 0.990. The zero-order chi connectivity index (χ0) is 12.5. The van der Waals surface area contributed by atoms with Crippen LogP contribution in [0, 0.1) is 17.1 Å². The van der Waals surface area contributed by atoms with E-state index in [1.165, 1.54) is 0 Å². The summed E-state index contributed by atoms with van der Waals surface area (Å²) in [4.78, 5) is 2.84. The summed E-state index contributed by atoms with van der Waals surface area (Å²) < 4.78 is 73.9. The summed E-state index contributed by atoms with van der Waals surface area (Å²) in [5.41, 5.74) is -4.60. The van der Waals surface area contributed by atoms with Gasteiger partial charge in [-0.1, -0.05) is 0 Å². The summed E-state index contributed by atoms with van der Waals surface area (Å²) in [6, 6.07) is 1.10. The van der Waals surface area contributed by atoms with Crippen LogP contribution in [-0.4, -0.2) is 4.98 Å². The molecule has 2 nitrogen and oxygen atoms in total. The van der Waals surface area contributed by atoms with E-state index >= 15 is 0 Å². The van der Waals surface area contributed by atoms with Crippen molar-refractivity contribution in [2.75, 3.05) is 0 Å². The molecule has 0 aromatic carbocycles. The van der Waals surface area contributed by atoms with Gasteiger partial charge in [0, 0.05) is 6.20 Å². The van der Waals surface area contributed by atoms with E-state index in [1.807, 2.05) is 0 Å². The van der Waals surface area contributed by atoms with Crippen LogP contribution >= 0.6 is 0 Å². The van der Waals surface area contributed by atoms with Crippen molar-refractivity contribution in [1.82, 2.24) is 4.98 Å². The number of aromatic nitrogens is 1. The molecule has 0 aliphatic rings. The Morgan fingerprint density at radius 3 is 2.25 bits per heavy atom. The molecule has 86 valence electrons. The van der Waals surface area contributed by atoms with Crippen LogP contribution in [0.15, 0.2) is 6.20 Å². The molecule has 1 heterocycles. The zero-order valence-electron chi connectivity index (χ0n) is 7.32. The van der Waals surface area contributed by atoms with Crippen LogP contribution in [0.1, 0.15) is 23.2 Å². The lowest BCUT2D eigenvalue weighted by Gasteiger charge is -2.10. The maximum atomic E-state index is 13.1. The van der Waals surface area contributed by atoms with Crippen molar-refractivity contribution in [1.29, 1.82) is 5.26 Å². The van der Waals surface area contributed by atoms with Crippen LogP contribution in [0.5, 0.6) is 0 Å². The monoisotopic (exact) mass is 240 g/mol. The molecule has 1 rings (SSSR count). The van der Waals surface area contributed by atoms with Gasteiger partial charge >= 0.3 is 6.18 Å². The minimum atomic E-state index is -5.13. The maximum Gasteiger partial charge on any atom is 0.420 e. The largest absolute Gasteiger partial charge is 0.420 e. The number of nitriles is 1. The third-order valence-corrected chi connectivity index (χ3v) is 1.68. The van der Waals surface area contributed by atoms with Gasteiger partial charge < -0.3 is 0 Å². The van der Waals surface area contributed by atoms with Gasteiger partial charge in [0.1, 0.15) is 17.4 Å². The van der Waals surface area contributed by atoms with Crippen LogP contribution in [0.2, 0.25) is 0 Å². The third kappa shape index (κ3) is 2.08. The first-order valence-electron chi connectivity index (χ1n) is 3.73. The molecule has 0 saturated carbocycles. The molecule has 0 bridgehead atoms. The second kappa shape index (κ2) is 4.00. The Bertz CT molecular complexity index is 445. The SMILES string of the molecule is N#Cc1ncc(C(F)(F)F)c(F)c1C(F)F. The Morgan fingerprint density at radius 2 is 1.88 bits per heavy atom. The van der Waals surface area contributed by atoms with E-state index < -0.39 is 35.2 Å². The fourth-order valence-electron chi connectivity index (χ4n) is 0.990. The van der Waals surface area contributed by atoms with Crippen molar-refractivity contribution in [2.45, 2.75) is 12.6 Å². The van der Waals surface area contributed by atoms with Gasteiger partial charge in [0.25, 0.3) is 6.43 Å². The number of halogens is 6. The van der Waals surface area contributed by atoms with Gasteiger partial charge in [-0.05, 0) is 0 Å². The molecular formula is C8H2F6N2. The van der Waals surface area contributed by atoms with Gasteiger partial charge in [0.05, 0.1) is 5.56 Å². The lowest BCUT2D eigenvalue weighted by molar-refractivity contribution is -0.140. The predicted octanol–water partition coefficient (Wildman–Crippen LogP) is 3.05. The fraction of sp³-hybridized carbons (Fsp3) is 0.250. The maximum absolute atomic E-state index is 13.1. The summed E-state index contributed by atoms with van der Waals surface area (Å²) in [5, 5.41) is 8.29. The van der Waals surface area contributed by atoms with Crippen molar-refractivity contribution in [2.24, 2.45) is 0 Å². The van der Waals surface area contributed by atoms with Gasteiger partial charge in [-0.2, -0.15) is 18.4 Å². The lowest BCUT2D eigenvalue weighted by atomic mass is 10.1. The van der Waals surface area contributed by atoms with Crippen LogP contribution < -0.4 is 0 Å². The average Bonchev–Trinajstić information content (AvgIpc) is 2.14. The molecule has 0 spiro atoms. The topological polar surface area (TPSA) is 36.7 Å². The van der Waals surface area contributed by atoms with E-state index in [1.54, 1.807) is 0 Å². The first kappa shape index (κ1) is 12.3. The number of rotatable bonds is 1. The Hall–Kier alpha value is -1.78. The Kier molecular flexibility index (Phi) is 3.07. The van der Waals surface area contributed by atoms with E-state index in [0.717, 1.165) is 6.07 Å². The van der Waals surface area contributed by atoms with Crippen molar-refractivity contribution < 1.29 is 26.3 Å². The van der Waals surface area contributed by atoms with Crippen LogP contribution in [0.3, 0.4) is 0 Å². The molecule has 16 heavy (non-hydrogen) atoms. The standard InChI is InChI=1S/C8H2F6N2/c9-6-3(8(12,13)14)2-16-4(1-15)5(6)7(10)11/h2,7H. The van der Waals surface area contributed by atoms with Gasteiger partial charge in [0.2, 0.25) is 0 Å². The predicted molar refractivity (Wildman–Crippen MR) is 38.9 cm³/mol. The van der Waals surface area contributed by atoms with Gasteiger partial charge in [-0.3, -0.25) is 0 Å². The summed E-state index contributed by atoms with van der Waals surface area (Å²) in [5.74, 6) is -2.16. The highest BCUT2D eigenvalue weighted by Crippen LogP contribution is 2.35. The van der Waals surface area contributed by atoms with E-state index in [4.69, 9.17) is 5.26 Å². The van der Waals surface area contributed by atoms with Gasteiger partial charge in [-0.15, -0.1) is 0 Å². The first-order chi connectivity index (χ1) is 7.29. The molecule has 8 heteroatoms. The highest BCUT2D eigenvalue weighted by Gasteiger charge is 2.38. The molecule has 0 fully saturated rings. The van der Waals surface area contributed by atoms with E-state index in [9.17, 15) is 26.3 Å². The lowest BCUT2D eigenvalue weighted by Crippen LogP contribution is -2.13. The number of nitrogens with zero attached hydrogens (tertiary/aromatic N) is 2. The number of pyridine rings is 1. The number of alkyl halides is 5. The Balaban J connectivity index is 3.52. The minimum absolute atomic E-state index is 0.0137. The minimum Gasteiger partial charge on any atom is -0.244 e. The molecule has 0 unspecified atom stereocenters. The highest BCUT2D eigenvalue weighted by atomic mass is 19.4. The Labute approximate surface area is 85.1 Å². The highest BCUT2D eigenvalue weighted by molar-refractivity contribution is 5.37. The summed E-state index contributed by atoms with van der Waals surface area (Å²) in [6.07, 6.45) is -8.65. The normalized spacial score (nSPS) is 11.6.